The van der Waals surface area contributed by atoms with Crippen LogP contribution in [0.25, 0.3) is 0 Å². The topological polar surface area (TPSA) is 259 Å². The van der Waals surface area contributed by atoms with Crippen molar-refractivity contribution >= 4 is 29.7 Å². The maximum Gasteiger partial charge on any atom is 0.338 e. The van der Waals surface area contributed by atoms with Gasteiger partial charge in [0.15, 0.2) is 6.04 Å². The van der Waals surface area contributed by atoms with Crippen molar-refractivity contribution in [3.05, 3.63) is 59.7 Å². The number of phenols is 2. The number of nitrogens with two attached hydrogens (primary N) is 2. The molecule has 14 N–H and O–H groups in total. The molecule has 2 aromatic rings. The van der Waals surface area contributed by atoms with Crippen molar-refractivity contribution in [1.29, 1.82) is 0 Å². The number of benzene rings is 2. The fourth-order valence-electron chi connectivity index (χ4n) is 4.08. The third-order valence-electron chi connectivity index (χ3n) is 6.77. The van der Waals surface area contributed by atoms with Gasteiger partial charge in [0.05, 0.1) is 6.54 Å². The summed E-state index contributed by atoms with van der Waals surface area (Å²) in [6, 6.07) is 7.84. The molecule has 0 aromatic heterocycles. The summed E-state index contributed by atoms with van der Waals surface area (Å²) < 4.78 is 0. The molecule has 43 heavy (non-hydrogen) atoms. The van der Waals surface area contributed by atoms with E-state index in [0.29, 0.717) is 17.5 Å². The Hall–Kier alpha value is -4.85. The summed E-state index contributed by atoms with van der Waals surface area (Å²) in [7, 11) is 0. The zero-order valence-electron chi connectivity index (χ0n) is 24.4. The number of aromatic hydroxyl groups is 2. The Morgan fingerprint density at radius 2 is 1.19 bits per heavy atom. The normalized spacial score (nSPS) is 13.7. The zero-order valence-corrected chi connectivity index (χ0v) is 24.4. The Kier molecular flexibility index (Phi) is 13.2. The molecule has 234 valence electrons. The van der Waals surface area contributed by atoms with Crippen LogP contribution in [0, 0.1) is 5.92 Å². The van der Waals surface area contributed by atoms with Crippen molar-refractivity contribution in [3.63, 3.8) is 0 Å². The fraction of sp³-hybridized carbons (Fsp3) is 0.414. The molecule has 0 aliphatic rings. The van der Waals surface area contributed by atoms with E-state index >= 15 is 0 Å². The molecule has 0 saturated carbocycles. The number of hydrogen-bond acceptors (Lipinski definition) is 6. The van der Waals surface area contributed by atoms with E-state index in [2.05, 4.69) is 26.7 Å². The number of phenolic OH excluding ortho intramolecular Hbond substituents is 2. The second kappa shape index (κ2) is 16.6. The van der Waals surface area contributed by atoms with Crippen LogP contribution in [0.3, 0.4) is 0 Å². The number of hydrogen-bond donors (Lipinski definition) is 10. The number of guanidine groups is 1. The predicted octanol–water partition coefficient (Wildman–Crippen LogP) is -3.18. The van der Waals surface area contributed by atoms with E-state index in [-0.39, 0.29) is 49.2 Å². The van der Waals surface area contributed by atoms with Crippen LogP contribution in [-0.4, -0.2) is 75.7 Å². The lowest BCUT2D eigenvalue weighted by molar-refractivity contribution is -0.459. The first kappa shape index (κ1) is 34.4. The Bertz CT molecular complexity index is 1260. The smallest absolute Gasteiger partial charge is 0.338 e. The molecule has 0 spiro atoms. The minimum absolute atomic E-state index is 0.00764. The Morgan fingerprint density at radius 1 is 0.767 bits per heavy atom. The number of carbonyl (C=O) groups excluding carboxylic acids is 3. The number of carboxylic acid groups (broad SMARTS) is 1. The van der Waals surface area contributed by atoms with Gasteiger partial charge in [0, 0.05) is 18.8 Å². The third kappa shape index (κ3) is 11.9. The highest BCUT2D eigenvalue weighted by molar-refractivity contribution is 5.94. The first-order valence-corrected chi connectivity index (χ1v) is 13.9. The first-order valence-electron chi connectivity index (χ1n) is 13.9. The quantitative estimate of drug-likeness (QED) is 0.0528. The highest BCUT2D eigenvalue weighted by Crippen LogP contribution is 2.14. The molecule has 3 amide bonds. The second-order valence-corrected chi connectivity index (χ2v) is 10.6. The number of aliphatic carboxylic acids is 1. The Labute approximate surface area is 249 Å². The number of carbonyl (C=O) groups is 4. The molecule has 0 unspecified atom stereocenters. The highest BCUT2D eigenvalue weighted by atomic mass is 16.4. The second-order valence-electron chi connectivity index (χ2n) is 10.6. The molecule has 0 aliphatic carbocycles. The van der Waals surface area contributed by atoms with Crippen LogP contribution in [0.2, 0.25) is 0 Å². The van der Waals surface area contributed by atoms with Gasteiger partial charge in [0.2, 0.25) is 11.8 Å². The van der Waals surface area contributed by atoms with Crippen LogP contribution in [0.5, 0.6) is 11.5 Å². The van der Waals surface area contributed by atoms with Crippen LogP contribution in [-0.2, 0) is 32.0 Å². The van der Waals surface area contributed by atoms with Crippen LogP contribution in [0.1, 0.15) is 37.8 Å². The summed E-state index contributed by atoms with van der Waals surface area (Å²) >= 11 is 0. The molecule has 2 rings (SSSR count). The highest BCUT2D eigenvalue weighted by Gasteiger charge is 2.32. The summed E-state index contributed by atoms with van der Waals surface area (Å²) in [5, 5.41) is 36.9. The van der Waals surface area contributed by atoms with Gasteiger partial charge in [-0.15, -0.1) is 0 Å². The fourth-order valence-corrected chi connectivity index (χ4v) is 4.08. The molecule has 2 aromatic carbocycles. The first-order chi connectivity index (χ1) is 20.3. The van der Waals surface area contributed by atoms with Crippen LogP contribution in [0.15, 0.2) is 48.5 Å². The molecule has 4 atom stereocenters. The maximum atomic E-state index is 13.6. The zero-order chi connectivity index (χ0) is 32.1. The van der Waals surface area contributed by atoms with Gasteiger partial charge < -0.3 is 37.0 Å². The van der Waals surface area contributed by atoms with E-state index in [1.165, 1.54) is 24.3 Å². The summed E-state index contributed by atoms with van der Waals surface area (Å²) in [6.45, 7) is 3.93. The SMILES string of the molecule is CC(C)[C@H]([NH3+])C(=O)N[C@@H](Cc1ccc(O)cc1)C(=O)N[C@@H](Cc1ccc(O)cc1)C(=O)N[C@@H](CCC[NH+]=C(N)N)C(=O)O. The molecule has 0 saturated heterocycles. The van der Waals surface area contributed by atoms with Crippen LogP contribution >= 0.6 is 0 Å². The molecule has 0 radical (unpaired) electrons. The monoisotopic (exact) mass is 601 g/mol. The Balaban J connectivity index is 2.32. The summed E-state index contributed by atoms with van der Waals surface area (Å²) in [5.74, 6) is -3.23. The average molecular weight is 602 g/mol. The molecular weight excluding hydrogens is 558 g/mol. The third-order valence-corrected chi connectivity index (χ3v) is 6.77. The molecule has 0 heterocycles. The Morgan fingerprint density at radius 3 is 1.58 bits per heavy atom. The number of nitrogens with one attached hydrogen (secondary N) is 4. The van der Waals surface area contributed by atoms with Gasteiger partial charge in [-0.25, -0.2) is 4.79 Å². The molecule has 0 aliphatic heterocycles. The lowest BCUT2D eigenvalue weighted by atomic mass is 10.00. The summed E-state index contributed by atoms with van der Waals surface area (Å²) in [4.78, 5) is 54.5. The standard InChI is InChI=1S/C29H41N7O7/c1-16(2)24(30)27(41)36-23(15-18-7-11-20(38)12-8-18)26(40)35-22(14-17-5-9-19(37)10-6-17)25(39)34-21(28(42)43)4-3-13-33-29(31)32/h5-12,16,21-24,37-38H,3-4,13-15,30H2,1-2H3,(H,34,39)(H,35,40)(H,36,41)(H,42,43)(H4,31,32,33)/p+2/t21-,22-,23-,24-/m0/s1. The van der Waals surface area contributed by atoms with Gasteiger partial charge in [-0.2, -0.15) is 0 Å². The van der Waals surface area contributed by atoms with Crippen molar-refractivity contribution < 1.29 is 45.2 Å². The van der Waals surface area contributed by atoms with Gasteiger partial charge >= 0.3 is 11.9 Å². The van der Waals surface area contributed by atoms with E-state index in [1.54, 1.807) is 24.3 Å². The minimum Gasteiger partial charge on any atom is -0.508 e. The van der Waals surface area contributed by atoms with Crippen molar-refractivity contribution in [2.45, 2.75) is 63.7 Å². The largest absolute Gasteiger partial charge is 0.508 e. The number of rotatable bonds is 16. The average Bonchev–Trinajstić information content (AvgIpc) is 2.95. The molecular formula is C29H43N7O7+2. The van der Waals surface area contributed by atoms with E-state index in [9.17, 15) is 34.5 Å². The number of carboxylic acids is 1. The van der Waals surface area contributed by atoms with Crippen molar-refractivity contribution in [1.82, 2.24) is 16.0 Å². The van der Waals surface area contributed by atoms with Crippen molar-refractivity contribution in [2.24, 2.45) is 17.4 Å². The van der Waals surface area contributed by atoms with Crippen molar-refractivity contribution in [3.8, 4) is 11.5 Å². The lowest BCUT2D eigenvalue weighted by Crippen LogP contribution is -2.78. The van der Waals surface area contributed by atoms with Crippen LogP contribution in [0.4, 0.5) is 0 Å². The van der Waals surface area contributed by atoms with Gasteiger partial charge in [-0.3, -0.25) is 30.8 Å². The number of amides is 3. The summed E-state index contributed by atoms with van der Waals surface area (Å²) in [6.07, 6.45) is 0.393. The molecule has 14 nitrogen and oxygen atoms in total. The molecule has 14 heteroatoms. The minimum atomic E-state index is -1.27. The number of quaternary nitrogens is 1. The molecule has 0 fully saturated rings. The van der Waals surface area contributed by atoms with Gasteiger partial charge in [0.1, 0.15) is 29.6 Å². The van der Waals surface area contributed by atoms with Crippen LogP contribution < -0.4 is 38.1 Å². The molecule has 0 bridgehead atoms. The lowest BCUT2D eigenvalue weighted by Gasteiger charge is -2.25. The summed E-state index contributed by atoms with van der Waals surface area (Å²) in [5.41, 5.74) is 15.8. The van der Waals surface area contributed by atoms with E-state index in [1.807, 2.05) is 13.8 Å². The van der Waals surface area contributed by atoms with E-state index in [0.717, 1.165) is 0 Å². The van der Waals surface area contributed by atoms with Crippen molar-refractivity contribution in [2.75, 3.05) is 6.54 Å². The van der Waals surface area contributed by atoms with E-state index in [4.69, 9.17) is 11.5 Å². The van der Waals surface area contributed by atoms with Gasteiger partial charge in [-0.05, 0) is 48.2 Å². The predicted molar refractivity (Wildman–Crippen MR) is 157 cm³/mol. The van der Waals surface area contributed by atoms with E-state index < -0.39 is 47.9 Å². The maximum absolute atomic E-state index is 13.6. The van der Waals surface area contributed by atoms with Gasteiger partial charge in [-0.1, -0.05) is 38.1 Å². The van der Waals surface area contributed by atoms with Gasteiger partial charge in [0.25, 0.3) is 5.91 Å².